The van der Waals surface area contributed by atoms with E-state index in [1.807, 2.05) is 0 Å². The van der Waals surface area contributed by atoms with Crippen LogP contribution in [-0.4, -0.2) is 29.4 Å². The van der Waals surface area contributed by atoms with Gasteiger partial charge in [-0.2, -0.15) is 0 Å². The Morgan fingerprint density at radius 2 is 1.77 bits per heavy atom. The molecule has 5 nitrogen and oxygen atoms in total. The molecular weight excluding hydrogens is 238 g/mol. The fourth-order valence-corrected chi connectivity index (χ4v) is 0.712. The van der Waals surface area contributed by atoms with Crippen LogP contribution >= 0.6 is 15.9 Å². The van der Waals surface area contributed by atoms with Gasteiger partial charge in [0.15, 0.2) is 0 Å². The topological polar surface area (TPSA) is 84.2 Å². The zero-order valence-corrected chi connectivity index (χ0v) is 9.27. The predicted molar refractivity (Wildman–Crippen MR) is 53.6 cm³/mol. The van der Waals surface area contributed by atoms with Crippen LogP contribution in [0.15, 0.2) is 0 Å². The summed E-state index contributed by atoms with van der Waals surface area (Å²) in [6.07, 6.45) is 0. The van der Waals surface area contributed by atoms with Gasteiger partial charge in [-0.3, -0.25) is 4.79 Å². The molecule has 0 bridgehead atoms. The van der Waals surface area contributed by atoms with Crippen LogP contribution in [0.1, 0.15) is 13.8 Å². The van der Waals surface area contributed by atoms with E-state index >= 15 is 0 Å². The molecule has 13 heavy (non-hydrogen) atoms. The van der Waals surface area contributed by atoms with Gasteiger partial charge in [-0.15, -0.1) is 0 Å². The highest BCUT2D eigenvalue weighted by molar-refractivity contribution is 9.10. The third kappa shape index (κ3) is 6.39. The molecule has 0 saturated heterocycles. The molecule has 0 rings (SSSR count). The number of carbonyl (C=O) groups excluding carboxylic acids is 2. The normalized spacial score (nSPS) is 10.7. The number of alkyl halides is 1. The lowest BCUT2D eigenvalue weighted by Crippen LogP contribution is -2.42. The number of halogens is 1. The Kier molecular flexibility index (Phi) is 4.76. The number of nitrogens with one attached hydrogen (secondary N) is 2. The van der Waals surface area contributed by atoms with Gasteiger partial charge in [0.25, 0.3) is 0 Å². The second-order valence-corrected chi connectivity index (χ2v) is 5.00. The molecular formula is C7H14BrN3O2. The molecule has 0 aromatic rings. The lowest BCUT2D eigenvalue weighted by molar-refractivity contribution is -0.122. The molecule has 76 valence electrons. The molecule has 0 atom stereocenters. The molecule has 0 aliphatic heterocycles. The van der Waals surface area contributed by atoms with Crippen LogP contribution in [0.5, 0.6) is 0 Å². The van der Waals surface area contributed by atoms with E-state index in [9.17, 15) is 9.59 Å². The Morgan fingerprint density at radius 3 is 2.15 bits per heavy atom. The summed E-state index contributed by atoms with van der Waals surface area (Å²) in [6, 6.07) is -0.590. The Balaban J connectivity index is 3.55. The average Bonchev–Trinajstić information content (AvgIpc) is 1.95. The van der Waals surface area contributed by atoms with Crippen LogP contribution in [0.25, 0.3) is 0 Å². The average molecular weight is 252 g/mol. The van der Waals surface area contributed by atoms with Gasteiger partial charge in [0.1, 0.15) is 0 Å². The molecule has 0 heterocycles. The highest BCUT2D eigenvalue weighted by atomic mass is 79.9. The number of carbonyl (C=O) groups is 2. The smallest absolute Gasteiger partial charge is 0.312 e. The summed E-state index contributed by atoms with van der Waals surface area (Å²) in [5.74, 6) is -0.126. The van der Waals surface area contributed by atoms with Crippen molar-refractivity contribution in [2.24, 2.45) is 5.73 Å². The van der Waals surface area contributed by atoms with Crippen LogP contribution in [-0.2, 0) is 4.79 Å². The zero-order chi connectivity index (χ0) is 10.5. The molecule has 0 aliphatic rings. The first-order chi connectivity index (χ1) is 5.84. The first-order valence-electron chi connectivity index (χ1n) is 3.84. The Bertz CT molecular complexity index is 200. The Morgan fingerprint density at radius 1 is 1.31 bits per heavy atom. The van der Waals surface area contributed by atoms with Crippen molar-refractivity contribution in [2.75, 3.05) is 13.1 Å². The fourth-order valence-electron chi connectivity index (χ4n) is 0.572. The van der Waals surface area contributed by atoms with Crippen molar-refractivity contribution in [2.45, 2.75) is 18.2 Å². The summed E-state index contributed by atoms with van der Waals surface area (Å²) in [6.45, 7) is 4.19. The first kappa shape index (κ1) is 12.2. The minimum absolute atomic E-state index is 0.126. The first-order valence-corrected chi connectivity index (χ1v) is 4.64. The lowest BCUT2D eigenvalue weighted by Gasteiger charge is -2.15. The maximum Gasteiger partial charge on any atom is 0.312 e. The number of urea groups is 1. The van der Waals surface area contributed by atoms with E-state index in [1.54, 1.807) is 13.8 Å². The third-order valence-electron chi connectivity index (χ3n) is 1.25. The van der Waals surface area contributed by atoms with E-state index in [1.165, 1.54) is 0 Å². The van der Waals surface area contributed by atoms with Crippen molar-refractivity contribution in [3.8, 4) is 0 Å². The molecule has 0 spiro atoms. The van der Waals surface area contributed by atoms with Crippen molar-refractivity contribution in [1.82, 2.24) is 10.6 Å². The monoisotopic (exact) mass is 251 g/mol. The van der Waals surface area contributed by atoms with E-state index < -0.39 is 10.4 Å². The molecule has 0 aromatic heterocycles. The van der Waals surface area contributed by atoms with E-state index in [0.29, 0.717) is 13.1 Å². The van der Waals surface area contributed by atoms with Gasteiger partial charge < -0.3 is 16.4 Å². The van der Waals surface area contributed by atoms with E-state index in [2.05, 4.69) is 26.6 Å². The van der Waals surface area contributed by atoms with E-state index in [4.69, 9.17) is 5.73 Å². The van der Waals surface area contributed by atoms with Crippen molar-refractivity contribution in [3.05, 3.63) is 0 Å². The van der Waals surface area contributed by atoms with E-state index in [0.717, 1.165) is 0 Å². The highest BCUT2D eigenvalue weighted by Gasteiger charge is 2.22. The summed E-state index contributed by atoms with van der Waals surface area (Å²) >= 11 is 3.20. The maximum absolute atomic E-state index is 11.2. The predicted octanol–water partition coefficient (Wildman–Crippen LogP) is -0.0556. The minimum Gasteiger partial charge on any atom is -0.353 e. The van der Waals surface area contributed by atoms with Crippen LogP contribution in [0, 0.1) is 0 Å². The van der Waals surface area contributed by atoms with Crippen LogP contribution in [0.2, 0.25) is 0 Å². The quantitative estimate of drug-likeness (QED) is 0.484. The molecule has 0 unspecified atom stereocenters. The number of rotatable bonds is 4. The fraction of sp³-hybridized carbons (Fsp3) is 0.714. The summed E-state index contributed by atoms with van der Waals surface area (Å²) in [7, 11) is 0. The minimum atomic E-state index is -0.590. The number of primary amides is 1. The summed E-state index contributed by atoms with van der Waals surface area (Å²) in [5.41, 5.74) is 4.82. The second-order valence-electron chi connectivity index (χ2n) is 3.02. The van der Waals surface area contributed by atoms with E-state index in [-0.39, 0.29) is 5.91 Å². The summed E-state index contributed by atoms with van der Waals surface area (Å²) in [5, 5.41) is 4.98. The van der Waals surface area contributed by atoms with Gasteiger partial charge in [0, 0.05) is 13.1 Å². The SMILES string of the molecule is CC(C)(Br)C(=O)NCCNC(N)=O. The van der Waals surface area contributed by atoms with Gasteiger partial charge in [-0.05, 0) is 13.8 Å². The number of amides is 3. The van der Waals surface area contributed by atoms with Crippen LogP contribution in [0.3, 0.4) is 0 Å². The number of hydrogen-bond acceptors (Lipinski definition) is 2. The molecule has 0 aliphatic carbocycles. The molecule has 0 radical (unpaired) electrons. The molecule has 3 amide bonds. The van der Waals surface area contributed by atoms with Gasteiger partial charge in [-0.1, -0.05) is 15.9 Å². The molecule has 0 aromatic carbocycles. The molecule has 4 N–H and O–H groups in total. The van der Waals surface area contributed by atoms with Gasteiger partial charge in [0.05, 0.1) is 4.32 Å². The van der Waals surface area contributed by atoms with Gasteiger partial charge >= 0.3 is 6.03 Å². The third-order valence-corrected chi connectivity index (χ3v) is 1.61. The Labute approximate surface area is 85.6 Å². The zero-order valence-electron chi connectivity index (χ0n) is 7.69. The van der Waals surface area contributed by atoms with Crippen molar-refractivity contribution in [1.29, 1.82) is 0 Å². The molecule has 0 saturated carbocycles. The maximum atomic E-state index is 11.2. The van der Waals surface area contributed by atoms with Crippen molar-refractivity contribution >= 4 is 27.9 Å². The lowest BCUT2D eigenvalue weighted by atomic mass is 10.2. The van der Waals surface area contributed by atoms with Gasteiger partial charge in [0.2, 0.25) is 5.91 Å². The largest absolute Gasteiger partial charge is 0.353 e. The molecule has 0 fully saturated rings. The van der Waals surface area contributed by atoms with Crippen LogP contribution < -0.4 is 16.4 Å². The van der Waals surface area contributed by atoms with Gasteiger partial charge in [-0.25, -0.2) is 4.79 Å². The standard InChI is InChI=1S/C7H14BrN3O2/c1-7(2,8)5(12)10-3-4-11-6(9)13/h3-4H2,1-2H3,(H,10,12)(H3,9,11,13). The van der Waals surface area contributed by atoms with Crippen molar-refractivity contribution in [3.63, 3.8) is 0 Å². The summed E-state index contributed by atoms with van der Waals surface area (Å²) in [4.78, 5) is 21.4. The van der Waals surface area contributed by atoms with Crippen molar-refractivity contribution < 1.29 is 9.59 Å². The molecule has 6 heteroatoms. The summed E-state index contributed by atoms with van der Waals surface area (Å²) < 4.78 is -0.584. The second kappa shape index (κ2) is 5.06. The Hall–Kier alpha value is -0.780. The highest BCUT2D eigenvalue weighted by Crippen LogP contribution is 2.14. The number of hydrogen-bond donors (Lipinski definition) is 3. The number of nitrogens with two attached hydrogens (primary N) is 1. The van der Waals surface area contributed by atoms with Crippen LogP contribution in [0.4, 0.5) is 4.79 Å².